The molecule has 3 aromatic rings. The zero-order valence-corrected chi connectivity index (χ0v) is 15.8. The van der Waals surface area contributed by atoms with Gasteiger partial charge in [0.2, 0.25) is 11.7 Å². The van der Waals surface area contributed by atoms with Crippen molar-refractivity contribution >= 4 is 21.8 Å². The van der Waals surface area contributed by atoms with E-state index >= 15 is 0 Å². The predicted molar refractivity (Wildman–Crippen MR) is 101 cm³/mol. The number of carbonyl (C=O) groups excluding carboxylic acids is 1. The number of benzene rings is 2. The number of rotatable bonds is 7. The number of hydrogen-bond donors (Lipinski definition) is 1. The fraction of sp³-hybridized carbons (Fsp3) is 0.211. The van der Waals surface area contributed by atoms with Gasteiger partial charge in [-0.3, -0.25) is 4.79 Å². The number of aryl methyl sites for hydroxylation is 1. The van der Waals surface area contributed by atoms with Crippen molar-refractivity contribution in [2.24, 2.45) is 0 Å². The minimum atomic E-state index is -0.203. The predicted octanol–water partition coefficient (Wildman–Crippen LogP) is 3.55. The van der Waals surface area contributed by atoms with Gasteiger partial charge in [-0.05, 0) is 31.2 Å². The third-order valence-electron chi connectivity index (χ3n) is 3.62. The summed E-state index contributed by atoms with van der Waals surface area (Å²) < 4.78 is 11.6. The van der Waals surface area contributed by atoms with Crippen molar-refractivity contribution in [3.63, 3.8) is 0 Å². The van der Waals surface area contributed by atoms with Crippen LogP contribution in [0.1, 0.15) is 11.5 Å². The standard InChI is InChI=1S/C19H18BrN3O3/c1-13-2-4-14(5-3-13)19-22-18(26-23-19)10-11-21-17(24)12-25-16-8-6-15(20)7-9-16/h2-9H,10-12H2,1H3,(H,21,24). The number of nitrogens with zero attached hydrogens (tertiary/aromatic N) is 2. The third kappa shape index (κ3) is 5.16. The van der Waals surface area contributed by atoms with Gasteiger partial charge in [0.25, 0.3) is 5.91 Å². The van der Waals surface area contributed by atoms with Gasteiger partial charge in [0, 0.05) is 23.0 Å². The van der Waals surface area contributed by atoms with Crippen molar-refractivity contribution in [1.29, 1.82) is 0 Å². The lowest BCUT2D eigenvalue weighted by molar-refractivity contribution is -0.123. The topological polar surface area (TPSA) is 77.2 Å². The number of amides is 1. The molecule has 0 atom stereocenters. The van der Waals surface area contributed by atoms with E-state index in [1.165, 1.54) is 5.56 Å². The molecule has 134 valence electrons. The Morgan fingerprint density at radius 3 is 2.62 bits per heavy atom. The summed E-state index contributed by atoms with van der Waals surface area (Å²) in [5.74, 6) is 1.47. The quantitative estimate of drug-likeness (QED) is 0.638. The van der Waals surface area contributed by atoms with Crippen LogP contribution >= 0.6 is 15.9 Å². The van der Waals surface area contributed by atoms with Crippen LogP contribution < -0.4 is 10.1 Å². The van der Waals surface area contributed by atoms with E-state index in [-0.39, 0.29) is 12.5 Å². The van der Waals surface area contributed by atoms with Gasteiger partial charge in [0.05, 0.1) is 0 Å². The molecule has 2 aromatic carbocycles. The second kappa shape index (κ2) is 8.62. The Kier molecular flexibility index (Phi) is 6.01. The second-order valence-corrected chi connectivity index (χ2v) is 6.64. The summed E-state index contributed by atoms with van der Waals surface area (Å²) in [5, 5.41) is 6.74. The molecule has 26 heavy (non-hydrogen) atoms. The van der Waals surface area contributed by atoms with E-state index in [2.05, 4.69) is 31.4 Å². The van der Waals surface area contributed by atoms with Crippen LogP contribution in [0.2, 0.25) is 0 Å². The fourth-order valence-electron chi connectivity index (χ4n) is 2.22. The molecule has 0 radical (unpaired) electrons. The van der Waals surface area contributed by atoms with E-state index in [4.69, 9.17) is 9.26 Å². The summed E-state index contributed by atoms with van der Waals surface area (Å²) >= 11 is 3.35. The van der Waals surface area contributed by atoms with E-state index in [1.54, 1.807) is 12.1 Å². The SMILES string of the molecule is Cc1ccc(-c2noc(CCNC(=O)COc3ccc(Br)cc3)n2)cc1. The van der Waals surface area contributed by atoms with Crippen molar-refractivity contribution < 1.29 is 14.1 Å². The average molecular weight is 416 g/mol. The Morgan fingerprint density at radius 2 is 1.88 bits per heavy atom. The molecular weight excluding hydrogens is 398 g/mol. The van der Waals surface area contributed by atoms with Crippen LogP contribution in [0.4, 0.5) is 0 Å². The Bertz CT molecular complexity index is 860. The zero-order chi connectivity index (χ0) is 18.4. The van der Waals surface area contributed by atoms with Crippen LogP contribution in [-0.4, -0.2) is 29.2 Å². The lowest BCUT2D eigenvalue weighted by Gasteiger charge is -2.06. The van der Waals surface area contributed by atoms with Crippen molar-refractivity contribution in [3.8, 4) is 17.1 Å². The molecule has 0 spiro atoms. The van der Waals surface area contributed by atoms with Crippen LogP contribution in [0.5, 0.6) is 5.75 Å². The first-order valence-corrected chi connectivity index (χ1v) is 8.94. The number of nitrogens with one attached hydrogen (secondary N) is 1. The average Bonchev–Trinajstić information content (AvgIpc) is 3.11. The summed E-state index contributed by atoms with van der Waals surface area (Å²) in [6, 6.07) is 15.2. The van der Waals surface area contributed by atoms with Gasteiger partial charge in [-0.25, -0.2) is 0 Å². The van der Waals surface area contributed by atoms with E-state index < -0.39 is 0 Å². The number of carbonyl (C=O) groups is 1. The van der Waals surface area contributed by atoms with E-state index in [0.29, 0.717) is 30.4 Å². The Morgan fingerprint density at radius 1 is 1.15 bits per heavy atom. The highest BCUT2D eigenvalue weighted by atomic mass is 79.9. The van der Waals surface area contributed by atoms with Crippen LogP contribution in [0, 0.1) is 6.92 Å². The summed E-state index contributed by atoms with van der Waals surface area (Å²) in [7, 11) is 0. The van der Waals surface area contributed by atoms with Gasteiger partial charge in [-0.15, -0.1) is 0 Å². The van der Waals surface area contributed by atoms with Gasteiger partial charge in [0.15, 0.2) is 6.61 Å². The molecule has 0 aliphatic rings. The molecule has 0 unspecified atom stereocenters. The maximum Gasteiger partial charge on any atom is 0.257 e. The lowest BCUT2D eigenvalue weighted by Crippen LogP contribution is -2.30. The molecule has 7 heteroatoms. The molecule has 3 rings (SSSR count). The van der Waals surface area contributed by atoms with Crippen molar-refractivity contribution in [2.45, 2.75) is 13.3 Å². The van der Waals surface area contributed by atoms with Gasteiger partial charge in [-0.1, -0.05) is 50.9 Å². The molecule has 0 bridgehead atoms. The summed E-state index contributed by atoms with van der Waals surface area (Å²) in [6.45, 7) is 2.38. The van der Waals surface area contributed by atoms with Crippen LogP contribution in [0.25, 0.3) is 11.4 Å². The summed E-state index contributed by atoms with van der Waals surface area (Å²) in [4.78, 5) is 16.2. The molecular formula is C19H18BrN3O3. The molecule has 1 heterocycles. The molecule has 6 nitrogen and oxygen atoms in total. The number of aromatic nitrogens is 2. The van der Waals surface area contributed by atoms with Crippen LogP contribution in [0.3, 0.4) is 0 Å². The van der Waals surface area contributed by atoms with E-state index in [0.717, 1.165) is 10.0 Å². The van der Waals surface area contributed by atoms with Gasteiger partial charge < -0.3 is 14.6 Å². The largest absolute Gasteiger partial charge is 0.484 e. The van der Waals surface area contributed by atoms with Gasteiger partial charge in [-0.2, -0.15) is 4.98 Å². The fourth-order valence-corrected chi connectivity index (χ4v) is 2.48. The first-order valence-electron chi connectivity index (χ1n) is 8.15. The van der Waals surface area contributed by atoms with E-state index in [9.17, 15) is 4.79 Å². The smallest absolute Gasteiger partial charge is 0.257 e. The molecule has 0 aliphatic heterocycles. The Hall–Kier alpha value is -2.67. The van der Waals surface area contributed by atoms with E-state index in [1.807, 2.05) is 43.3 Å². The first-order chi connectivity index (χ1) is 12.6. The Balaban J connectivity index is 1.42. The van der Waals surface area contributed by atoms with Gasteiger partial charge in [0.1, 0.15) is 5.75 Å². The number of halogens is 1. The minimum Gasteiger partial charge on any atom is -0.484 e. The third-order valence-corrected chi connectivity index (χ3v) is 4.15. The van der Waals surface area contributed by atoms with Crippen LogP contribution in [-0.2, 0) is 11.2 Å². The highest BCUT2D eigenvalue weighted by Crippen LogP contribution is 2.17. The second-order valence-electron chi connectivity index (χ2n) is 5.72. The summed E-state index contributed by atoms with van der Waals surface area (Å²) in [6.07, 6.45) is 0.461. The molecule has 1 amide bonds. The molecule has 0 saturated carbocycles. The first kappa shape index (κ1) is 18.1. The van der Waals surface area contributed by atoms with Crippen molar-refractivity contribution in [2.75, 3.05) is 13.2 Å². The zero-order valence-electron chi connectivity index (χ0n) is 14.2. The normalized spacial score (nSPS) is 10.5. The lowest BCUT2D eigenvalue weighted by atomic mass is 10.1. The van der Waals surface area contributed by atoms with Crippen molar-refractivity contribution in [1.82, 2.24) is 15.5 Å². The highest BCUT2D eigenvalue weighted by molar-refractivity contribution is 9.10. The number of ether oxygens (including phenoxy) is 1. The maximum absolute atomic E-state index is 11.8. The molecule has 0 aliphatic carbocycles. The van der Waals surface area contributed by atoms with Gasteiger partial charge >= 0.3 is 0 Å². The molecule has 1 aromatic heterocycles. The van der Waals surface area contributed by atoms with Crippen molar-refractivity contribution in [3.05, 3.63) is 64.5 Å². The minimum absolute atomic E-state index is 0.0416. The summed E-state index contributed by atoms with van der Waals surface area (Å²) in [5.41, 5.74) is 2.07. The highest BCUT2D eigenvalue weighted by Gasteiger charge is 2.09. The van der Waals surface area contributed by atoms with Crippen LogP contribution in [0.15, 0.2) is 57.5 Å². The monoisotopic (exact) mass is 415 g/mol. The maximum atomic E-state index is 11.8. The molecule has 1 N–H and O–H groups in total. The molecule has 0 fully saturated rings. The molecule has 0 saturated heterocycles. The number of hydrogen-bond acceptors (Lipinski definition) is 5. The Labute approximate surface area is 159 Å².